The number of rotatable bonds is 6. The second-order valence-electron chi connectivity index (χ2n) is 7.64. The first-order chi connectivity index (χ1) is 13.5. The van der Waals surface area contributed by atoms with E-state index < -0.39 is 5.97 Å². The summed E-state index contributed by atoms with van der Waals surface area (Å²) in [6.07, 6.45) is 4.89. The van der Waals surface area contributed by atoms with E-state index in [2.05, 4.69) is 43.4 Å². The molecule has 4 nitrogen and oxygen atoms in total. The van der Waals surface area contributed by atoms with Crippen molar-refractivity contribution in [3.8, 4) is 11.1 Å². The zero-order valence-electron chi connectivity index (χ0n) is 16.5. The summed E-state index contributed by atoms with van der Waals surface area (Å²) < 4.78 is 0. The highest BCUT2D eigenvalue weighted by Gasteiger charge is 2.23. The minimum atomic E-state index is -0.720. The summed E-state index contributed by atoms with van der Waals surface area (Å²) in [6, 6.07) is 8.76. The van der Waals surface area contributed by atoms with E-state index in [4.69, 9.17) is 10.1 Å². The van der Waals surface area contributed by atoms with Gasteiger partial charge in [-0.25, -0.2) is 4.98 Å². The lowest BCUT2D eigenvalue weighted by Crippen LogP contribution is -2.09. The van der Waals surface area contributed by atoms with Crippen molar-refractivity contribution in [1.29, 1.82) is 0 Å². The monoisotopic (exact) mass is 394 g/mol. The third-order valence-corrected chi connectivity index (χ3v) is 6.63. The van der Waals surface area contributed by atoms with E-state index in [0.29, 0.717) is 6.42 Å². The molecule has 1 aliphatic heterocycles. The van der Waals surface area contributed by atoms with Gasteiger partial charge in [-0.1, -0.05) is 41.2 Å². The second kappa shape index (κ2) is 7.92. The summed E-state index contributed by atoms with van der Waals surface area (Å²) in [4.78, 5) is 17.0. The number of pyridine rings is 1. The molecule has 146 valence electrons. The van der Waals surface area contributed by atoms with E-state index in [1.54, 1.807) is 11.3 Å². The van der Waals surface area contributed by atoms with Crippen molar-refractivity contribution in [3.63, 3.8) is 0 Å². The molecule has 0 unspecified atom stereocenters. The largest absolute Gasteiger partial charge is 0.481 e. The molecule has 0 bridgehead atoms. The zero-order valence-corrected chi connectivity index (χ0v) is 17.3. The topological polar surface area (TPSA) is 62.2 Å². The van der Waals surface area contributed by atoms with Gasteiger partial charge in [0.2, 0.25) is 0 Å². The van der Waals surface area contributed by atoms with Gasteiger partial charge >= 0.3 is 5.97 Å². The minimum Gasteiger partial charge on any atom is -0.481 e. The van der Waals surface area contributed by atoms with Crippen LogP contribution in [0.25, 0.3) is 21.3 Å². The zero-order chi connectivity index (χ0) is 19.7. The molecule has 1 aromatic carbocycles. The molecule has 2 aromatic heterocycles. The van der Waals surface area contributed by atoms with Crippen molar-refractivity contribution in [3.05, 3.63) is 46.6 Å². The van der Waals surface area contributed by atoms with Crippen LogP contribution in [0.1, 0.15) is 48.1 Å². The summed E-state index contributed by atoms with van der Waals surface area (Å²) in [7, 11) is 0. The van der Waals surface area contributed by atoms with Crippen LogP contribution in [0.2, 0.25) is 0 Å². The lowest BCUT2D eigenvalue weighted by Gasteiger charge is -2.18. The Kier molecular flexibility index (Phi) is 5.36. The number of carboxylic acid groups (broad SMARTS) is 1. The highest BCUT2D eigenvalue weighted by molar-refractivity contribution is 7.22. The van der Waals surface area contributed by atoms with Gasteiger partial charge in [-0.3, -0.25) is 4.79 Å². The molecule has 0 saturated carbocycles. The molecule has 3 aromatic rings. The number of hydrogen-bond donors (Lipinski definition) is 2. The van der Waals surface area contributed by atoms with E-state index in [0.717, 1.165) is 42.8 Å². The lowest BCUT2D eigenvalue weighted by molar-refractivity contribution is -0.137. The minimum absolute atomic E-state index is 0.229. The molecule has 0 aliphatic carbocycles. The molecule has 0 spiro atoms. The maximum absolute atomic E-state index is 10.9. The normalized spacial score (nSPS) is 13.4. The fourth-order valence-electron chi connectivity index (χ4n) is 4.11. The molecule has 2 N–H and O–H groups in total. The third-order valence-electron chi connectivity index (χ3n) is 5.54. The number of nitrogens with one attached hydrogen (secondary N) is 1. The Morgan fingerprint density at radius 1 is 1.21 bits per heavy atom. The van der Waals surface area contributed by atoms with Crippen LogP contribution in [0.15, 0.2) is 24.3 Å². The van der Waals surface area contributed by atoms with Gasteiger partial charge in [0.05, 0.1) is 5.00 Å². The van der Waals surface area contributed by atoms with Gasteiger partial charge < -0.3 is 10.4 Å². The quantitative estimate of drug-likeness (QED) is 0.524. The van der Waals surface area contributed by atoms with E-state index in [1.165, 1.54) is 38.2 Å². The number of aromatic nitrogens is 1. The van der Waals surface area contributed by atoms with Crippen molar-refractivity contribution >= 4 is 32.5 Å². The fourth-order valence-corrected chi connectivity index (χ4v) is 5.32. The molecule has 0 atom stereocenters. The first-order valence-electron chi connectivity index (χ1n) is 10.0. The average Bonchev–Trinajstić information content (AvgIpc) is 3.03. The Hall–Kier alpha value is -2.40. The van der Waals surface area contributed by atoms with Crippen molar-refractivity contribution in [1.82, 2.24) is 4.98 Å². The third kappa shape index (κ3) is 3.63. The Morgan fingerprint density at radius 3 is 2.75 bits per heavy atom. The number of carbonyl (C=O) groups is 1. The molecule has 4 rings (SSSR count). The predicted molar refractivity (Wildman–Crippen MR) is 117 cm³/mol. The second-order valence-corrected chi connectivity index (χ2v) is 8.64. The Balaban J connectivity index is 1.86. The van der Waals surface area contributed by atoms with Gasteiger partial charge in [-0.2, -0.15) is 0 Å². The van der Waals surface area contributed by atoms with Crippen LogP contribution in [-0.2, 0) is 17.6 Å². The number of aryl methyl sites for hydroxylation is 3. The molecule has 5 heteroatoms. The maximum Gasteiger partial charge on any atom is 0.303 e. The van der Waals surface area contributed by atoms with Crippen LogP contribution >= 0.6 is 11.3 Å². The lowest BCUT2D eigenvalue weighted by atomic mass is 9.90. The van der Waals surface area contributed by atoms with Gasteiger partial charge in [0, 0.05) is 24.0 Å². The van der Waals surface area contributed by atoms with Crippen LogP contribution in [0.5, 0.6) is 0 Å². The van der Waals surface area contributed by atoms with E-state index >= 15 is 0 Å². The predicted octanol–water partition coefficient (Wildman–Crippen LogP) is 5.74. The number of nitrogens with zero attached hydrogens (tertiary/aromatic N) is 1. The number of benzene rings is 1. The number of aliphatic carboxylic acids is 1. The highest BCUT2D eigenvalue weighted by Crippen LogP contribution is 2.44. The highest BCUT2D eigenvalue weighted by atomic mass is 32.1. The molecule has 0 saturated heterocycles. The first kappa shape index (κ1) is 18.9. The van der Waals surface area contributed by atoms with E-state index in [-0.39, 0.29) is 6.42 Å². The molecular formula is C23H26N2O2S. The number of thiophene rings is 1. The van der Waals surface area contributed by atoms with Crippen molar-refractivity contribution < 1.29 is 9.90 Å². The molecular weight excluding hydrogens is 368 g/mol. The van der Waals surface area contributed by atoms with Gasteiger partial charge in [-0.05, 0) is 68.2 Å². The number of unbranched alkanes of at least 4 members (excludes halogenated alkanes) is 1. The van der Waals surface area contributed by atoms with Crippen LogP contribution in [0.3, 0.4) is 0 Å². The number of hydrogen-bond acceptors (Lipinski definition) is 4. The number of anilines is 1. The van der Waals surface area contributed by atoms with E-state index in [1.807, 2.05) is 0 Å². The number of carboxylic acids is 1. The molecule has 1 aliphatic rings. The van der Waals surface area contributed by atoms with Crippen LogP contribution < -0.4 is 5.32 Å². The molecule has 3 heterocycles. The first-order valence-corrected chi connectivity index (χ1v) is 10.8. The average molecular weight is 395 g/mol. The summed E-state index contributed by atoms with van der Waals surface area (Å²) in [5, 5.41) is 15.1. The van der Waals surface area contributed by atoms with Crippen LogP contribution in [-0.4, -0.2) is 22.6 Å². The SMILES string of the molecule is Cc1ccc(-c2c(CCCCC(=O)O)c(C)nc3sc4c(c23)CCCN4)cc1. The van der Waals surface area contributed by atoms with Crippen LogP contribution in [0, 0.1) is 13.8 Å². The van der Waals surface area contributed by atoms with Crippen molar-refractivity contribution in [2.24, 2.45) is 0 Å². The maximum atomic E-state index is 10.9. The molecule has 0 fully saturated rings. The van der Waals surface area contributed by atoms with Crippen molar-refractivity contribution in [2.45, 2.75) is 52.4 Å². The summed E-state index contributed by atoms with van der Waals surface area (Å²) >= 11 is 1.77. The molecule has 0 radical (unpaired) electrons. The van der Waals surface area contributed by atoms with Crippen molar-refractivity contribution in [2.75, 3.05) is 11.9 Å². The summed E-state index contributed by atoms with van der Waals surface area (Å²) in [6.45, 7) is 5.23. The Morgan fingerprint density at radius 2 is 2.00 bits per heavy atom. The fraction of sp³-hybridized carbons (Fsp3) is 0.391. The smallest absolute Gasteiger partial charge is 0.303 e. The standard InChI is InChI=1S/C23H26N2O2S/c1-14-9-11-16(12-10-14)20-17(6-3-4-8-19(26)27)15(2)25-23-21(20)18-7-5-13-24-22(18)28-23/h9-12,24H,3-8,13H2,1-2H3,(H,26,27). The van der Waals surface area contributed by atoms with Gasteiger partial charge in [0.25, 0.3) is 0 Å². The van der Waals surface area contributed by atoms with Gasteiger partial charge in [-0.15, -0.1) is 0 Å². The Bertz CT molecular complexity index is 1020. The molecule has 28 heavy (non-hydrogen) atoms. The number of fused-ring (bicyclic) bond motifs is 3. The summed E-state index contributed by atoms with van der Waals surface area (Å²) in [5.41, 5.74) is 7.54. The Labute approximate surface area is 169 Å². The van der Waals surface area contributed by atoms with Gasteiger partial charge in [0.15, 0.2) is 0 Å². The molecule has 0 amide bonds. The summed E-state index contributed by atoms with van der Waals surface area (Å²) in [5.74, 6) is -0.720. The van der Waals surface area contributed by atoms with Gasteiger partial charge in [0.1, 0.15) is 4.83 Å². The van der Waals surface area contributed by atoms with E-state index in [9.17, 15) is 4.79 Å². The van der Waals surface area contributed by atoms with Crippen LogP contribution in [0.4, 0.5) is 5.00 Å².